The molecule has 0 N–H and O–H groups in total. The quantitative estimate of drug-likeness (QED) is 0.763. The number of rotatable bonds is 3. The van der Waals surface area contributed by atoms with Crippen LogP contribution in [0.4, 0.5) is 13.2 Å². The summed E-state index contributed by atoms with van der Waals surface area (Å²) >= 11 is 0. The molecule has 0 aromatic heterocycles. The van der Waals surface area contributed by atoms with Gasteiger partial charge in [-0.15, -0.1) is 0 Å². The first-order valence-corrected chi connectivity index (χ1v) is 6.78. The Morgan fingerprint density at radius 1 is 1.44 bits per heavy atom. The summed E-state index contributed by atoms with van der Waals surface area (Å²) in [6.45, 7) is 2.30. The summed E-state index contributed by atoms with van der Waals surface area (Å²) in [4.78, 5) is 13.0. The average Bonchev–Trinajstić information content (AvgIpc) is 2.71. The van der Waals surface area contributed by atoms with Crippen molar-refractivity contribution in [3.8, 4) is 0 Å². The van der Waals surface area contributed by atoms with Crippen molar-refractivity contribution in [3.05, 3.63) is 0 Å². The van der Waals surface area contributed by atoms with Crippen LogP contribution >= 0.6 is 0 Å². The van der Waals surface area contributed by atoms with Crippen LogP contribution in [-0.2, 0) is 4.79 Å². The first-order chi connectivity index (χ1) is 8.40. The number of amides is 1. The number of nitrogens with zero attached hydrogens (tertiary/aromatic N) is 1. The van der Waals surface area contributed by atoms with Crippen molar-refractivity contribution in [2.45, 2.75) is 63.6 Å². The average molecular weight is 263 g/mol. The molecule has 2 nitrogen and oxygen atoms in total. The fraction of sp³-hybridized carbons (Fsp3) is 0.923. The summed E-state index contributed by atoms with van der Waals surface area (Å²) in [7, 11) is 0. The van der Waals surface area contributed by atoms with E-state index in [1.165, 1.54) is 0 Å². The van der Waals surface area contributed by atoms with Gasteiger partial charge in [0.15, 0.2) is 0 Å². The molecule has 0 spiro atoms. The topological polar surface area (TPSA) is 20.3 Å². The third kappa shape index (κ3) is 2.12. The molecule has 2 rings (SSSR count). The van der Waals surface area contributed by atoms with Gasteiger partial charge in [-0.25, -0.2) is 0 Å². The number of fused-ring (bicyclic) bond motifs is 1. The molecule has 2 saturated heterocycles. The molecule has 0 aliphatic carbocycles. The maximum Gasteiger partial charge on any atom is 0.411 e. The minimum atomic E-state index is -4.29. The van der Waals surface area contributed by atoms with Crippen LogP contribution in [0.1, 0.15) is 51.9 Å². The molecule has 0 bridgehead atoms. The van der Waals surface area contributed by atoms with Gasteiger partial charge in [0.2, 0.25) is 5.91 Å². The lowest BCUT2D eigenvalue weighted by molar-refractivity contribution is -0.235. The summed E-state index contributed by atoms with van der Waals surface area (Å²) in [5.41, 5.74) is -1.85. The molecule has 0 aromatic carbocycles. The highest BCUT2D eigenvalue weighted by Crippen LogP contribution is 2.51. The Labute approximate surface area is 106 Å². The highest BCUT2D eigenvalue weighted by molar-refractivity contribution is 5.79. The van der Waals surface area contributed by atoms with Crippen molar-refractivity contribution in [1.82, 2.24) is 4.90 Å². The first kappa shape index (κ1) is 13.7. The van der Waals surface area contributed by atoms with Gasteiger partial charge in [0.05, 0.1) is 0 Å². The van der Waals surface area contributed by atoms with Crippen LogP contribution in [-0.4, -0.2) is 29.1 Å². The van der Waals surface area contributed by atoms with E-state index >= 15 is 0 Å². The van der Waals surface area contributed by atoms with Gasteiger partial charge in [0.1, 0.15) is 5.54 Å². The van der Waals surface area contributed by atoms with Crippen LogP contribution in [0.2, 0.25) is 0 Å². The molecular formula is C13H20F3NO. The van der Waals surface area contributed by atoms with Gasteiger partial charge >= 0.3 is 6.18 Å². The van der Waals surface area contributed by atoms with Crippen molar-refractivity contribution in [3.63, 3.8) is 0 Å². The van der Waals surface area contributed by atoms with Crippen LogP contribution in [0.15, 0.2) is 0 Å². The lowest BCUT2D eigenvalue weighted by Gasteiger charge is -2.46. The normalized spacial score (nSPS) is 32.8. The predicted molar refractivity (Wildman–Crippen MR) is 62.0 cm³/mol. The van der Waals surface area contributed by atoms with Gasteiger partial charge in [0, 0.05) is 13.0 Å². The van der Waals surface area contributed by atoms with Crippen molar-refractivity contribution in [2.75, 3.05) is 6.54 Å². The molecule has 104 valence electrons. The van der Waals surface area contributed by atoms with E-state index in [0.29, 0.717) is 12.8 Å². The maximum atomic E-state index is 13.4. The highest BCUT2D eigenvalue weighted by atomic mass is 19.4. The second-order valence-corrected chi connectivity index (χ2v) is 5.59. The van der Waals surface area contributed by atoms with E-state index in [4.69, 9.17) is 0 Å². The Balaban J connectivity index is 2.20. The van der Waals surface area contributed by atoms with E-state index in [2.05, 4.69) is 0 Å². The molecule has 2 fully saturated rings. The Hall–Kier alpha value is -0.740. The van der Waals surface area contributed by atoms with Gasteiger partial charge in [-0.2, -0.15) is 13.2 Å². The number of halogens is 3. The zero-order chi connectivity index (χ0) is 13.4. The van der Waals surface area contributed by atoms with Gasteiger partial charge < -0.3 is 4.90 Å². The van der Waals surface area contributed by atoms with E-state index < -0.39 is 11.7 Å². The molecule has 1 amide bonds. The second kappa shape index (κ2) is 4.74. The van der Waals surface area contributed by atoms with Crippen LogP contribution < -0.4 is 0 Å². The molecule has 0 aromatic rings. The zero-order valence-corrected chi connectivity index (χ0v) is 10.7. The van der Waals surface area contributed by atoms with Crippen LogP contribution in [0.3, 0.4) is 0 Å². The van der Waals surface area contributed by atoms with Crippen molar-refractivity contribution < 1.29 is 18.0 Å². The molecular weight excluding hydrogens is 243 g/mol. The third-order valence-corrected chi connectivity index (χ3v) is 4.37. The number of carbonyl (C=O) groups is 1. The van der Waals surface area contributed by atoms with Crippen LogP contribution in [0.5, 0.6) is 0 Å². The molecule has 0 radical (unpaired) electrons. The second-order valence-electron chi connectivity index (χ2n) is 5.59. The maximum absolute atomic E-state index is 13.4. The van der Waals surface area contributed by atoms with Crippen molar-refractivity contribution in [1.29, 1.82) is 0 Å². The van der Waals surface area contributed by atoms with E-state index in [1.54, 1.807) is 0 Å². The molecule has 5 heteroatoms. The molecule has 18 heavy (non-hydrogen) atoms. The van der Waals surface area contributed by atoms with Crippen LogP contribution in [0.25, 0.3) is 0 Å². The number of unbranched alkanes of at least 4 members (excludes halogenated alkanes) is 1. The SMILES string of the molecule is CCCC[C@H]1CC(=O)N2CCC[C@]2(C(F)(F)F)C1. The Bertz CT molecular complexity index is 329. The minimum absolute atomic E-state index is 0.0882. The highest BCUT2D eigenvalue weighted by Gasteiger charge is 2.63. The minimum Gasteiger partial charge on any atom is -0.328 e. The molecule has 2 heterocycles. The first-order valence-electron chi connectivity index (χ1n) is 6.78. The van der Waals surface area contributed by atoms with Crippen molar-refractivity contribution in [2.24, 2.45) is 5.92 Å². The van der Waals surface area contributed by atoms with E-state index in [-0.39, 0.29) is 31.2 Å². The van der Waals surface area contributed by atoms with E-state index in [9.17, 15) is 18.0 Å². The third-order valence-electron chi connectivity index (χ3n) is 4.37. The molecule has 2 aliphatic rings. The fourth-order valence-electron chi connectivity index (χ4n) is 3.47. The van der Waals surface area contributed by atoms with Gasteiger partial charge in [-0.1, -0.05) is 19.8 Å². The molecule has 2 aliphatic heterocycles. The standard InChI is InChI=1S/C13H20F3NO/c1-2-3-5-10-8-11(18)17-7-4-6-12(17,9-10)13(14,15)16/h10H,2-9H2,1H3/t10-,12+/m0/s1. The van der Waals surface area contributed by atoms with Gasteiger partial charge in [0.25, 0.3) is 0 Å². The fourth-order valence-corrected chi connectivity index (χ4v) is 3.47. The number of carbonyl (C=O) groups excluding carboxylic acids is 1. The molecule has 0 unspecified atom stereocenters. The lowest BCUT2D eigenvalue weighted by Crippen LogP contribution is -2.61. The Morgan fingerprint density at radius 3 is 2.78 bits per heavy atom. The predicted octanol–water partition coefficient (Wildman–Crippen LogP) is 3.51. The smallest absolute Gasteiger partial charge is 0.328 e. The number of piperidine rings is 1. The van der Waals surface area contributed by atoms with E-state index in [0.717, 1.165) is 24.2 Å². The van der Waals surface area contributed by atoms with Crippen LogP contribution in [0, 0.1) is 5.92 Å². The monoisotopic (exact) mass is 263 g/mol. The number of hydrogen-bond acceptors (Lipinski definition) is 1. The summed E-state index contributed by atoms with van der Waals surface area (Å²) < 4.78 is 40.1. The summed E-state index contributed by atoms with van der Waals surface area (Å²) in [6, 6.07) is 0. The largest absolute Gasteiger partial charge is 0.411 e. The van der Waals surface area contributed by atoms with Gasteiger partial charge in [-0.05, 0) is 31.6 Å². The zero-order valence-electron chi connectivity index (χ0n) is 10.7. The number of hydrogen-bond donors (Lipinski definition) is 0. The summed E-state index contributed by atoms with van der Waals surface area (Å²) in [5.74, 6) is -0.384. The van der Waals surface area contributed by atoms with Crippen molar-refractivity contribution >= 4 is 5.91 Å². The number of alkyl halides is 3. The summed E-state index contributed by atoms with van der Waals surface area (Å²) in [5, 5.41) is 0. The summed E-state index contributed by atoms with van der Waals surface area (Å²) in [6.07, 6.45) is -0.687. The Kier molecular flexibility index (Phi) is 3.60. The molecule has 0 saturated carbocycles. The van der Waals surface area contributed by atoms with Gasteiger partial charge in [-0.3, -0.25) is 4.79 Å². The molecule has 2 atom stereocenters. The Morgan fingerprint density at radius 2 is 2.17 bits per heavy atom. The van der Waals surface area contributed by atoms with E-state index in [1.807, 2.05) is 6.92 Å². The lowest BCUT2D eigenvalue weighted by atomic mass is 9.77.